The summed E-state index contributed by atoms with van der Waals surface area (Å²) in [4.78, 5) is 23.5. The van der Waals surface area contributed by atoms with Crippen molar-refractivity contribution in [3.8, 4) is 5.75 Å². The van der Waals surface area contributed by atoms with Gasteiger partial charge in [0, 0.05) is 11.4 Å². The van der Waals surface area contributed by atoms with Gasteiger partial charge in [-0.1, -0.05) is 18.2 Å². The highest BCUT2D eigenvalue weighted by molar-refractivity contribution is 6.01. The van der Waals surface area contributed by atoms with Gasteiger partial charge in [0.05, 0.1) is 18.7 Å². The molecule has 0 spiro atoms. The van der Waals surface area contributed by atoms with E-state index >= 15 is 0 Å². The summed E-state index contributed by atoms with van der Waals surface area (Å²) in [5, 5.41) is 8.19. The van der Waals surface area contributed by atoms with Gasteiger partial charge in [-0.15, -0.1) is 0 Å². The smallest absolute Gasteiger partial charge is 0.323 e. The van der Waals surface area contributed by atoms with Gasteiger partial charge in [-0.2, -0.15) is 0 Å². The van der Waals surface area contributed by atoms with Crippen LogP contribution in [0.15, 0.2) is 48.5 Å². The van der Waals surface area contributed by atoms with E-state index in [4.69, 9.17) is 4.74 Å². The Morgan fingerprint density at radius 3 is 2.64 bits per heavy atom. The van der Waals surface area contributed by atoms with Crippen molar-refractivity contribution in [2.45, 2.75) is 6.42 Å². The van der Waals surface area contributed by atoms with Crippen molar-refractivity contribution in [2.24, 2.45) is 0 Å². The maximum absolute atomic E-state index is 11.9. The molecule has 3 amide bonds. The van der Waals surface area contributed by atoms with Gasteiger partial charge in [0.15, 0.2) is 0 Å². The lowest BCUT2D eigenvalue weighted by molar-refractivity contribution is -0.116. The molecule has 2 aromatic carbocycles. The zero-order valence-electron chi connectivity index (χ0n) is 11.8. The highest BCUT2D eigenvalue weighted by Gasteiger charge is 2.14. The highest BCUT2D eigenvalue weighted by atomic mass is 16.5. The lowest BCUT2D eigenvalue weighted by atomic mass is 10.2. The number of hydrogen-bond acceptors (Lipinski definition) is 3. The van der Waals surface area contributed by atoms with E-state index < -0.39 is 0 Å². The van der Waals surface area contributed by atoms with Crippen LogP contribution < -0.4 is 20.7 Å². The van der Waals surface area contributed by atoms with E-state index in [9.17, 15) is 9.59 Å². The quantitative estimate of drug-likeness (QED) is 0.797. The predicted octanol–water partition coefficient (Wildman–Crippen LogP) is 3.05. The summed E-state index contributed by atoms with van der Waals surface area (Å²) >= 11 is 0. The summed E-state index contributed by atoms with van der Waals surface area (Å²) in [6.45, 7) is 0.347. The van der Waals surface area contributed by atoms with Crippen LogP contribution >= 0.6 is 0 Å². The first-order valence-corrected chi connectivity index (χ1v) is 6.90. The minimum atomic E-state index is -0.355. The lowest BCUT2D eigenvalue weighted by Crippen LogP contribution is -2.19. The molecule has 0 saturated carbocycles. The van der Waals surface area contributed by atoms with Crippen molar-refractivity contribution in [1.82, 2.24) is 0 Å². The number of amides is 3. The van der Waals surface area contributed by atoms with E-state index in [1.54, 1.807) is 30.3 Å². The fraction of sp³-hybridized carbons (Fsp3) is 0.125. The molecule has 0 unspecified atom stereocenters. The molecule has 3 N–H and O–H groups in total. The minimum absolute atomic E-state index is 0.107. The number of anilines is 3. The Hall–Kier alpha value is -3.02. The van der Waals surface area contributed by atoms with Crippen LogP contribution in [0.25, 0.3) is 0 Å². The molecular formula is C16H15N3O3. The van der Waals surface area contributed by atoms with Crippen molar-refractivity contribution in [2.75, 3.05) is 22.6 Å². The fourth-order valence-electron chi connectivity index (χ4n) is 2.11. The normalized spacial score (nSPS) is 13.2. The predicted molar refractivity (Wildman–Crippen MR) is 84.3 cm³/mol. The number of ether oxygens (including phenoxy) is 1. The van der Waals surface area contributed by atoms with E-state index in [0.29, 0.717) is 35.8 Å². The monoisotopic (exact) mass is 297 g/mol. The Kier molecular flexibility index (Phi) is 3.91. The zero-order valence-corrected chi connectivity index (χ0v) is 11.8. The Labute approximate surface area is 127 Å². The molecule has 0 atom stereocenters. The van der Waals surface area contributed by atoms with Crippen molar-refractivity contribution >= 4 is 29.0 Å². The van der Waals surface area contributed by atoms with E-state index in [0.717, 1.165) is 0 Å². The number of nitrogens with one attached hydrogen (secondary N) is 3. The molecule has 0 aromatic heterocycles. The van der Waals surface area contributed by atoms with Gasteiger partial charge < -0.3 is 20.7 Å². The van der Waals surface area contributed by atoms with Gasteiger partial charge in [0.2, 0.25) is 5.91 Å². The third kappa shape index (κ3) is 3.35. The van der Waals surface area contributed by atoms with Gasteiger partial charge >= 0.3 is 6.03 Å². The summed E-state index contributed by atoms with van der Waals surface area (Å²) in [5.74, 6) is 0.490. The van der Waals surface area contributed by atoms with Crippen molar-refractivity contribution < 1.29 is 14.3 Å². The van der Waals surface area contributed by atoms with Gasteiger partial charge in [-0.05, 0) is 30.3 Å². The Balaban J connectivity index is 1.70. The number of para-hydroxylation sites is 1. The second-order valence-electron chi connectivity index (χ2n) is 4.80. The van der Waals surface area contributed by atoms with Crippen LogP contribution in [0, 0.1) is 0 Å². The topological polar surface area (TPSA) is 79.5 Å². The molecule has 22 heavy (non-hydrogen) atoms. The average Bonchev–Trinajstić information content (AvgIpc) is 2.68. The molecule has 112 valence electrons. The third-order valence-corrected chi connectivity index (χ3v) is 3.13. The van der Waals surface area contributed by atoms with Crippen LogP contribution in [0.1, 0.15) is 6.42 Å². The second kappa shape index (κ2) is 6.17. The summed E-state index contributed by atoms with van der Waals surface area (Å²) in [6, 6.07) is 13.9. The molecule has 3 rings (SSSR count). The average molecular weight is 297 g/mol. The van der Waals surface area contributed by atoms with Crippen LogP contribution in [-0.2, 0) is 4.79 Å². The first-order valence-electron chi connectivity index (χ1n) is 6.90. The molecule has 1 aliphatic heterocycles. The third-order valence-electron chi connectivity index (χ3n) is 3.13. The maximum Gasteiger partial charge on any atom is 0.323 e. The molecule has 0 fully saturated rings. The number of hydrogen-bond donors (Lipinski definition) is 3. The van der Waals surface area contributed by atoms with Crippen molar-refractivity contribution in [3.05, 3.63) is 48.5 Å². The van der Waals surface area contributed by atoms with Crippen LogP contribution in [0.4, 0.5) is 21.9 Å². The van der Waals surface area contributed by atoms with E-state index in [2.05, 4.69) is 16.0 Å². The second-order valence-corrected chi connectivity index (χ2v) is 4.80. The van der Waals surface area contributed by atoms with Gasteiger partial charge in [-0.3, -0.25) is 4.79 Å². The van der Waals surface area contributed by atoms with E-state index in [-0.39, 0.29) is 11.9 Å². The molecule has 6 nitrogen and oxygen atoms in total. The van der Waals surface area contributed by atoms with Gasteiger partial charge in [0.25, 0.3) is 0 Å². The minimum Gasteiger partial charge on any atom is -0.491 e. The first kappa shape index (κ1) is 13.9. The number of carbonyl (C=O) groups excluding carboxylic acids is 2. The van der Waals surface area contributed by atoms with Crippen LogP contribution in [0.5, 0.6) is 5.75 Å². The van der Waals surface area contributed by atoms with Gasteiger partial charge in [-0.25, -0.2) is 4.79 Å². The highest BCUT2D eigenvalue weighted by Crippen LogP contribution is 2.30. The number of carbonyl (C=O) groups is 2. The molecule has 6 heteroatoms. The van der Waals surface area contributed by atoms with E-state index in [1.807, 2.05) is 18.2 Å². The summed E-state index contributed by atoms with van der Waals surface area (Å²) in [6.07, 6.45) is 0.311. The standard InChI is InChI=1S/C16H15N3O3/c20-15-8-9-22-14-7-6-12(10-13(14)19-15)18-16(21)17-11-4-2-1-3-5-11/h1-7,10H,8-9H2,(H,19,20)(H2,17,18,21). The number of urea groups is 1. The first-order chi connectivity index (χ1) is 10.7. The summed E-state index contributed by atoms with van der Waals surface area (Å²) in [7, 11) is 0. The number of rotatable bonds is 2. The Bertz CT molecular complexity index is 701. The molecule has 1 aliphatic rings. The Morgan fingerprint density at radius 1 is 1.05 bits per heavy atom. The fourth-order valence-corrected chi connectivity index (χ4v) is 2.11. The Morgan fingerprint density at radius 2 is 1.82 bits per heavy atom. The number of fused-ring (bicyclic) bond motifs is 1. The zero-order chi connectivity index (χ0) is 15.4. The van der Waals surface area contributed by atoms with Crippen molar-refractivity contribution in [1.29, 1.82) is 0 Å². The van der Waals surface area contributed by atoms with Crippen LogP contribution in [-0.4, -0.2) is 18.5 Å². The molecule has 1 heterocycles. The molecule has 0 radical (unpaired) electrons. The molecule has 0 aliphatic carbocycles. The number of benzene rings is 2. The summed E-state index contributed by atoms with van der Waals surface area (Å²) < 4.78 is 5.46. The van der Waals surface area contributed by atoms with Crippen molar-refractivity contribution in [3.63, 3.8) is 0 Å². The molecule has 0 bridgehead atoms. The largest absolute Gasteiger partial charge is 0.491 e. The lowest BCUT2D eigenvalue weighted by Gasteiger charge is -2.11. The van der Waals surface area contributed by atoms with E-state index in [1.165, 1.54) is 0 Å². The van der Waals surface area contributed by atoms with Crippen LogP contribution in [0.2, 0.25) is 0 Å². The SMILES string of the molecule is O=C1CCOc2ccc(NC(=O)Nc3ccccc3)cc2N1. The molecular weight excluding hydrogens is 282 g/mol. The summed E-state index contributed by atoms with van der Waals surface area (Å²) in [5.41, 5.74) is 1.82. The maximum atomic E-state index is 11.9. The van der Waals surface area contributed by atoms with Gasteiger partial charge in [0.1, 0.15) is 5.75 Å². The molecule has 0 saturated heterocycles. The molecule has 2 aromatic rings. The van der Waals surface area contributed by atoms with Crippen LogP contribution in [0.3, 0.4) is 0 Å².